The summed E-state index contributed by atoms with van der Waals surface area (Å²) in [6, 6.07) is 14.7. The zero-order valence-electron chi connectivity index (χ0n) is 13.8. The van der Waals surface area contributed by atoms with Crippen LogP contribution in [0.5, 0.6) is 17.2 Å². The van der Waals surface area contributed by atoms with E-state index in [0.29, 0.717) is 30.1 Å². The van der Waals surface area contributed by atoms with Gasteiger partial charge in [-0.15, -0.1) is 12.4 Å². The van der Waals surface area contributed by atoms with Crippen LogP contribution < -0.4 is 20.5 Å². The van der Waals surface area contributed by atoms with E-state index in [-0.39, 0.29) is 24.4 Å². The summed E-state index contributed by atoms with van der Waals surface area (Å²) in [4.78, 5) is 11.8. The first-order valence-electron chi connectivity index (χ1n) is 7.55. The maximum atomic E-state index is 11.8. The highest BCUT2D eigenvalue weighted by molar-refractivity contribution is 5.90. The lowest BCUT2D eigenvalue weighted by atomic mass is 10.2. The third-order valence-electron chi connectivity index (χ3n) is 3.26. The molecule has 0 radical (unpaired) electrons. The van der Waals surface area contributed by atoms with Gasteiger partial charge in [0.05, 0.1) is 7.11 Å². The molecule has 0 heterocycles. The van der Waals surface area contributed by atoms with Crippen LogP contribution in [0.3, 0.4) is 0 Å². The standard InChI is InChI=1S/C18H22N2O3.ClH/c1-13(19)7-12-18(21)20-14-8-10-15(11-9-14)23-17-6-4-3-5-16(17)22-2;/h3-6,8-11,13H,7,12,19H2,1-2H3,(H,20,21);1H. The molecule has 0 spiro atoms. The molecule has 2 aromatic rings. The quantitative estimate of drug-likeness (QED) is 0.792. The fourth-order valence-corrected chi connectivity index (χ4v) is 2.02. The largest absolute Gasteiger partial charge is 0.493 e. The number of carbonyl (C=O) groups is 1. The van der Waals surface area contributed by atoms with E-state index in [2.05, 4.69) is 5.32 Å². The average Bonchev–Trinajstić information content (AvgIpc) is 2.55. The molecule has 0 aromatic heterocycles. The van der Waals surface area contributed by atoms with Crippen molar-refractivity contribution in [3.8, 4) is 17.2 Å². The number of amides is 1. The summed E-state index contributed by atoms with van der Waals surface area (Å²) in [5.41, 5.74) is 6.37. The highest BCUT2D eigenvalue weighted by atomic mass is 35.5. The molecule has 0 aliphatic carbocycles. The van der Waals surface area contributed by atoms with Gasteiger partial charge in [-0.05, 0) is 49.7 Å². The van der Waals surface area contributed by atoms with Gasteiger partial charge in [0, 0.05) is 18.2 Å². The summed E-state index contributed by atoms with van der Waals surface area (Å²) >= 11 is 0. The Hall–Kier alpha value is -2.24. The van der Waals surface area contributed by atoms with E-state index in [1.54, 1.807) is 31.4 Å². The second-order valence-corrected chi connectivity index (χ2v) is 5.34. The van der Waals surface area contributed by atoms with Crippen LogP contribution in [0.4, 0.5) is 5.69 Å². The van der Waals surface area contributed by atoms with E-state index in [1.165, 1.54) is 0 Å². The van der Waals surface area contributed by atoms with Crippen LogP contribution in [-0.4, -0.2) is 19.1 Å². The van der Waals surface area contributed by atoms with Crippen LogP contribution in [0, 0.1) is 0 Å². The first-order valence-corrected chi connectivity index (χ1v) is 7.55. The highest BCUT2D eigenvalue weighted by Crippen LogP contribution is 2.31. The van der Waals surface area contributed by atoms with Crippen LogP contribution in [0.25, 0.3) is 0 Å². The molecule has 6 heteroatoms. The number of halogens is 1. The van der Waals surface area contributed by atoms with E-state index in [4.69, 9.17) is 15.2 Å². The minimum absolute atomic E-state index is 0. The Bertz CT molecular complexity index is 645. The third-order valence-corrected chi connectivity index (χ3v) is 3.26. The molecule has 1 unspecified atom stereocenters. The summed E-state index contributed by atoms with van der Waals surface area (Å²) in [6.45, 7) is 1.89. The normalized spacial score (nSPS) is 11.1. The molecule has 0 fully saturated rings. The van der Waals surface area contributed by atoms with E-state index >= 15 is 0 Å². The van der Waals surface area contributed by atoms with E-state index in [9.17, 15) is 4.79 Å². The summed E-state index contributed by atoms with van der Waals surface area (Å²) in [7, 11) is 1.60. The molecule has 0 saturated carbocycles. The SMILES string of the molecule is COc1ccccc1Oc1ccc(NC(=O)CCC(C)N)cc1.Cl. The Morgan fingerprint density at radius 2 is 1.75 bits per heavy atom. The Morgan fingerprint density at radius 1 is 1.12 bits per heavy atom. The summed E-state index contributed by atoms with van der Waals surface area (Å²) in [6.07, 6.45) is 1.08. The molecule has 130 valence electrons. The van der Waals surface area contributed by atoms with Crippen molar-refractivity contribution in [2.75, 3.05) is 12.4 Å². The maximum Gasteiger partial charge on any atom is 0.224 e. The van der Waals surface area contributed by atoms with Crippen molar-refractivity contribution >= 4 is 24.0 Å². The molecular weight excluding hydrogens is 328 g/mol. The fraction of sp³-hybridized carbons (Fsp3) is 0.278. The molecule has 2 rings (SSSR count). The van der Waals surface area contributed by atoms with Crippen molar-refractivity contribution < 1.29 is 14.3 Å². The van der Waals surface area contributed by atoms with Gasteiger partial charge in [-0.2, -0.15) is 0 Å². The number of hydrogen-bond donors (Lipinski definition) is 2. The number of methoxy groups -OCH3 is 1. The molecule has 5 nitrogen and oxygen atoms in total. The zero-order valence-corrected chi connectivity index (χ0v) is 14.6. The Balaban J connectivity index is 0.00000288. The first-order chi connectivity index (χ1) is 11.1. The van der Waals surface area contributed by atoms with Gasteiger partial charge in [0.2, 0.25) is 5.91 Å². The number of anilines is 1. The number of nitrogens with one attached hydrogen (secondary N) is 1. The summed E-state index contributed by atoms with van der Waals surface area (Å²) in [5, 5.41) is 2.84. The fourth-order valence-electron chi connectivity index (χ4n) is 2.02. The first kappa shape index (κ1) is 19.8. The molecule has 0 aliphatic heterocycles. The van der Waals surface area contributed by atoms with Gasteiger partial charge in [-0.3, -0.25) is 4.79 Å². The van der Waals surface area contributed by atoms with Crippen molar-refractivity contribution in [3.05, 3.63) is 48.5 Å². The minimum atomic E-state index is -0.0410. The second-order valence-electron chi connectivity index (χ2n) is 5.34. The van der Waals surface area contributed by atoms with Crippen LogP contribution in [0.1, 0.15) is 19.8 Å². The van der Waals surface area contributed by atoms with Gasteiger partial charge in [0.15, 0.2) is 11.5 Å². The van der Waals surface area contributed by atoms with Gasteiger partial charge < -0.3 is 20.5 Å². The zero-order chi connectivity index (χ0) is 16.7. The second kappa shape index (κ2) is 9.80. The van der Waals surface area contributed by atoms with Crippen molar-refractivity contribution in [3.63, 3.8) is 0 Å². The predicted octanol–water partition coefficient (Wildman–Crippen LogP) is 3.98. The number of carbonyl (C=O) groups excluding carboxylic acids is 1. The molecule has 3 N–H and O–H groups in total. The maximum absolute atomic E-state index is 11.8. The lowest BCUT2D eigenvalue weighted by Gasteiger charge is -2.11. The van der Waals surface area contributed by atoms with E-state index < -0.39 is 0 Å². The number of nitrogens with two attached hydrogens (primary N) is 1. The Morgan fingerprint density at radius 3 is 2.33 bits per heavy atom. The molecular formula is C18H23ClN2O3. The van der Waals surface area contributed by atoms with Gasteiger partial charge in [-0.25, -0.2) is 0 Å². The highest BCUT2D eigenvalue weighted by Gasteiger charge is 2.06. The van der Waals surface area contributed by atoms with Gasteiger partial charge in [0.1, 0.15) is 5.75 Å². The molecule has 0 saturated heterocycles. The van der Waals surface area contributed by atoms with Crippen LogP contribution in [0.15, 0.2) is 48.5 Å². The minimum Gasteiger partial charge on any atom is -0.493 e. The number of rotatable bonds is 7. The van der Waals surface area contributed by atoms with Gasteiger partial charge in [-0.1, -0.05) is 12.1 Å². The monoisotopic (exact) mass is 350 g/mol. The van der Waals surface area contributed by atoms with E-state index in [0.717, 1.165) is 5.69 Å². The predicted molar refractivity (Wildman–Crippen MR) is 98.3 cm³/mol. The molecule has 0 aliphatic rings. The molecule has 24 heavy (non-hydrogen) atoms. The van der Waals surface area contributed by atoms with Crippen molar-refractivity contribution in [2.24, 2.45) is 5.73 Å². The molecule has 1 atom stereocenters. The molecule has 1 amide bonds. The van der Waals surface area contributed by atoms with Crippen molar-refractivity contribution in [1.82, 2.24) is 0 Å². The van der Waals surface area contributed by atoms with Crippen molar-refractivity contribution in [2.45, 2.75) is 25.8 Å². The number of benzene rings is 2. The summed E-state index contributed by atoms with van der Waals surface area (Å²) in [5.74, 6) is 1.94. The van der Waals surface area contributed by atoms with Gasteiger partial charge in [0.25, 0.3) is 0 Å². The van der Waals surface area contributed by atoms with Crippen LogP contribution >= 0.6 is 12.4 Å². The smallest absolute Gasteiger partial charge is 0.224 e. The van der Waals surface area contributed by atoms with Gasteiger partial charge >= 0.3 is 0 Å². The number of hydrogen-bond acceptors (Lipinski definition) is 4. The number of para-hydroxylation sites is 2. The summed E-state index contributed by atoms with van der Waals surface area (Å²) < 4.78 is 11.0. The average molecular weight is 351 g/mol. The molecule has 0 bridgehead atoms. The number of ether oxygens (including phenoxy) is 2. The van der Waals surface area contributed by atoms with E-state index in [1.807, 2.05) is 31.2 Å². The van der Waals surface area contributed by atoms with Crippen molar-refractivity contribution in [1.29, 1.82) is 0 Å². The van der Waals surface area contributed by atoms with Crippen LogP contribution in [0.2, 0.25) is 0 Å². The molecule has 2 aromatic carbocycles. The van der Waals surface area contributed by atoms with Crippen LogP contribution in [-0.2, 0) is 4.79 Å². The lowest BCUT2D eigenvalue weighted by Crippen LogP contribution is -2.19. The Kier molecular flexibility index (Phi) is 8.09. The Labute approximate surface area is 148 Å². The topological polar surface area (TPSA) is 73.6 Å². The lowest BCUT2D eigenvalue weighted by molar-refractivity contribution is -0.116. The third kappa shape index (κ3) is 6.10.